The maximum Gasteiger partial charge on any atom is 0.258 e. The molecule has 5 nitrogen and oxygen atoms in total. The van der Waals surface area contributed by atoms with Crippen molar-refractivity contribution in [1.82, 2.24) is 19.7 Å². The molecule has 0 saturated carbocycles. The monoisotopic (exact) mass is 322 g/mol. The Hall–Kier alpha value is -3.02. The highest BCUT2D eigenvalue weighted by Crippen LogP contribution is 2.26. The molecule has 0 atom stereocenters. The third-order valence-electron chi connectivity index (χ3n) is 4.19. The Morgan fingerprint density at radius 3 is 2.58 bits per heavy atom. The Morgan fingerprint density at radius 2 is 1.79 bits per heavy atom. The van der Waals surface area contributed by atoms with Crippen LogP contribution in [-0.4, -0.2) is 19.7 Å². The van der Waals surface area contributed by atoms with Gasteiger partial charge in [0.1, 0.15) is 11.6 Å². The van der Waals surface area contributed by atoms with Gasteiger partial charge in [0, 0.05) is 18.2 Å². The van der Waals surface area contributed by atoms with E-state index in [1.807, 2.05) is 36.7 Å². The van der Waals surface area contributed by atoms with Gasteiger partial charge in [0.2, 0.25) is 5.82 Å². The maximum absolute atomic E-state index is 13.4. The van der Waals surface area contributed by atoms with E-state index in [1.54, 1.807) is 19.1 Å². The van der Waals surface area contributed by atoms with Crippen molar-refractivity contribution >= 4 is 11.0 Å². The molecule has 4 aromatic rings. The predicted octanol–water partition coefficient (Wildman–Crippen LogP) is 4.05. The van der Waals surface area contributed by atoms with Crippen LogP contribution in [0.3, 0.4) is 0 Å². The third kappa shape index (κ3) is 2.27. The fraction of sp³-hybridized carbons (Fsp3) is 0.167. The molecule has 2 aromatic heterocycles. The van der Waals surface area contributed by atoms with Crippen LogP contribution in [0.4, 0.5) is 4.39 Å². The van der Waals surface area contributed by atoms with E-state index in [2.05, 4.69) is 15.1 Å². The first-order chi connectivity index (χ1) is 11.5. The molecule has 2 aromatic carbocycles. The summed E-state index contributed by atoms with van der Waals surface area (Å²) in [7, 11) is 1.98. The molecular formula is C18H15FN4O. The van der Waals surface area contributed by atoms with E-state index >= 15 is 0 Å². The van der Waals surface area contributed by atoms with Gasteiger partial charge in [-0.2, -0.15) is 4.98 Å². The molecule has 120 valence electrons. The fourth-order valence-electron chi connectivity index (χ4n) is 2.70. The van der Waals surface area contributed by atoms with E-state index in [0.717, 1.165) is 28.0 Å². The van der Waals surface area contributed by atoms with Crippen molar-refractivity contribution in [2.75, 3.05) is 0 Å². The van der Waals surface area contributed by atoms with Gasteiger partial charge in [-0.15, -0.1) is 0 Å². The molecule has 0 unspecified atom stereocenters. The summed E-state index contributed by atoms with van der Waals surface area (Å²) >= 11 is 0. The smallest absolute Gasteiger partial charge is 0.258 e. The summed E-state index contributed by atoms with van der Waals surface area (Å²) in [4.78, 5) is 8.94. The minimum absolute atomic E-state index is 0.251. The van der Waals surface area contributed by atoms with E-state index in [1.165, 1.54) is 6.07 Å². The van der Waals surface area contributed by atoms with Crippen molar-refractivity contribution in [3.05, 3.63) is 53.6 Å². The van der Waals surface area contributed by atoms with Gasteiger partial charge in [0.25, 0.3) is 5.89 Å². The lowest BCUT2D eigenvalue weighted by Crippen LogP contribution is -1.89. The summed E-state index contributed by atoms with van der Waals surface area (Å²) in [5.74, 6) is 1.54. The van der Waals surface area contributed by atoms with Crippen molar-refractivity contribution in [3.63, 3.8) is 0 Å². The van der Waals surface area contributed by atoms with Crippen molar-refractivity contribution in [3.8, 4) is 22.8 Å². The topological polar surface area (TPSA) is 56.7 Å². The van der Waals surface area contributed by atoms with Crippen LogP contribution < -0.4 is 0 Å². The van der Waals surface area contributed by atoms with Crippen LogP contribution in [0.15, 0.2) is 40.9 Å². The number of hydrogen-bond donors (Lipinski definition) is 0. The van der Waals surface area contributed by atoms with Crippen molar-refractivity contribution in [1.29, 1.82) is 0 Å². The number of benzene rings is 2. The van der Waals surface area contributed by atoms with Crippen molar-refractivity contribution < 1.29 is 8.91 Å². The number of rotatable bonds is 2. The molecule has 0 aliphatic rings. The van der Waals surface area contributed by atoms with Crippen LogP contribution in [-0.2, 0) is 7.05 Å². The van der Waals surface area contributed by atoms with E-state index in [0.29, 0.717) is 17.3 Å². The Bertz CT molecular complexity index is 1060. The second kappa shape index (κ2) is 5.26. The van der Waals surface area contributed by atoms with Crippen molar-refractivity contribution in [2.24, 2.45) is 7.05 Å². The molecule has 6 heteroatoms. The first kappa shape index (κ1) is 14.6. The second-order valence-electron chi connectivity index (χ2n) is 5.81. The lowest BCUT2D eigenvalue weighted by Gasteiger charge is -1.98. The number of hydrogen-bond acceptors (Lipinski definition) is 4. The number of halogens is 1. The minimum atomic E-state index is -0.251. The molecule has 0 N–H and O–H groups in total. The zero-order valence-electron chi connectivity index (χ0n) is 13.5. The predicted molar refractivity (Wildman–Crippen MR) is 88.9 cm³/mol. The van der Waals surface area contributed by atoms with E-state index in [9.17, 15) is 4.39 Å². The minimum Gasteiger partial charge on any atom is -0.334 e. The summed E-state index contributed by atoms with van der Waals surface area (Å²) in [6.45, 7) is 3.67. The van der Waals surface area contributed by atoms with Gasteiger partial charge in [-0.05, 0) is 55.8 Å². The molecule has 24 heavy (non-hydrogen) atoms. The van der Waals surface area contributed by atoms with Gasteiger partial charge in [0.05, 0.1) is 11.0 Å². The zero-order chi connectivity index (χ0) is 16.8. The summed E-state index contributed by atoms with van der Waals surface area (Å²) in [6, 6.07) is 10.6. The standard InChI is InChI=1S/C18H15FN4O/c1-10-8-12(4-6-14(10)19)17-21-18(24-22-17)13-5-7-16-15(9-13)20-11(2)23(16)3/h4-9H,1-3H3. The van der Waals surface area contributed by atoms with Crippen LogP contribution >= 0.6 is 0 Å². The molecule has 0 spiro atoms. The molecule has 0 bridgehead atoms. The zero-order valence-corrected chi connectivity index (χ0v) is 13.5. The molecule has 0 aliphatic carbocycles. The van der Waals surface area contributed by atoms with E-state index in [4.69, 9.17) is 4.52 Å². The molecule has 0 aliphatic heterocycles. The summed E-state index contributed by atoms with van der Waals surface area (Å²) in [5.41, 5.74) is 4.00. The lowest BCUT2D eigenvalue weighted by atomic mass is 10.1. The first-order valence-corrected chi connectivity index (χ1v) is 7.56. The summed E-state index contributed by atoms with van der Waals surface area (Å²) in [5, 5.41) is 4.00. The fourth-order valence-corrected chi connectivity index (χ4v) is 2.70. The number of aryl methyl sites for hydroxylation is 3. The largest absolute Gasteiger partial charge is 0.334 e. The Morgan fingerprint density at radius 1 is 1.00 bits per heavy atom. The number of fused-ring (bicyclic) bond motifs is 1. The Balaban J connectivity index is 1.75. The number of aromatic nitrogens is 4. The maximum atomic E-state index is 13.4. The highest BCUT2D eigenvalue weighted by Gasteiger charge is 2.13. The summed E-state index contributed by atoms with van der Waals surface area (Å²) < 4.78 is 20.8. The molecule has 0 fully saturated rings. The molecule has 2 heterocycles. The van der Waals surface area contributed by atoms with E-state index < -0.39 is 0 Å². The van der Waals surface area contributed by atoms with Gasteiger partial charge in [-0.25, -0.2) is 9.37 Å². The van der Waals surface area contributed by atoms with Crippen LogP contribution in [0.5, 0.6) is 0 Å². The number of imidazole rings is 1. The van der Waals surface area contributed by atoms with Crippen molar-refractivity contribution in [2.45, 2.75) is 13.8 Å². The van der Waals surface area contributed by atoms with Gasteiger partial charge in [-0.3, -0.25) is 0 Å². The Kier molecular flexibility index (Phi) is 3.19. The van der Waals surface area contributed by atoms with Gasteiger partial charge < -0.3 is 9.09 Å². The van der Waals surface area contributed by atoms with E-state index in [-0.39, 0.29) is 5.82 Å². The molecule has 4 rings (SSSR count). The first-order valence-electron chi connectivity index (χ1n) is 7.56. The lowest BCUT2D eigenvalue weighted by molar-refractivity contribution is 0.432. The molecule has 0 radical (unpaired) electrons. The molecule has 0 saturated heterocycles. The van der Waals surface area contributed by atoms with Crippen LogP contribution in [0.1, 0.15) is 11.4 Å². The van der Waals surface area contributed by atoms with Gasteiger partial charge in [0.15, 0.2) is 0 Å². The second-order valence-corrected chi connectivity index (χ2v) is 5.81. The summed E-state index contributed by atoms with van der Waals surface area (Å²) in [6.07, 6.45) is 0. The highest BCUT2D eigenvalue weighted by atomic mass is 19.1. The SMILES string of the molecule is Cc1cc(-c2noc(-c3ccc4c(c3)nc(C)n4C)n2)ccc1F. The van der Waals surface area contributed by atoms with Crippen LogP contribution in [0, 0.1) is 19.7 Å². The van der Waals surface area contributed by atoms with Gasteiger partial charge in [-0.1, -0.05) is 5.16 Å². The Labute approximate surface area is 137 Å². The number of nitrogens with zero attached hydrogens (tertiary/aromatic N) is 4. The molecule has 0 amide bonds. The quantitative estimate of drug-likeness (QED) is 0.559. The normalized spacial score (nSPS) is 11.3. The highest BCUT2D eigenvalue weighted by molar-refractivity contribution is 5.81. The van der Waals surface area contributed by atoms with Gasteiger partial charge >= 0.3 is 0 Å². The third-order valence-corrected chi connectivity index (χ3v) is 4.19. The van der Waals surface area contributed by atoms with Crippen LogP contribution in [0.2, 0.25) is 0 Å². The average Bonchev–Trinajstić information content (AvgIpc) is 3.16. The molecular weight excluding hydrogens is 307 g/mol. The average molecular weight is 322 g/mol. The van der Waals surface area contributed by atoms with Crippen LogP contribution in [0.25, 0.3) is 33.9 Å².